The van der Waals surface area contributed by atoms with Crippen molar-refractivity contribution in [2.75, 3.05) is 17.3 Å². The Morgan fingerprint density at radius 2 is 1.95 bits per heavy atom. The van der Waals surface area contributed by atoms with E-state index in [1.165, 1.54) is 19.2 Å². The van der Waals surface area contributed by atoms with Gasteiger partial charge in [-0.1, -0.05) is 11.6 Å². The standard InChI is InChI=1S/C11H12ClN5O3S/c1-20-10-3-2-7(4-9(10)12)17-21(18,19)8-5-14-11(16-13)15-6-8/h2-6,17H,13H2,1H3,(H,14,15,16). The van der Waals surface area contributed by atoms with Gasteiger partial charge in [-0.15, -0.1) is 0 Å². The van der Waals surface area contributed by atoms with Crippen molar-refractivity contribution in [1.29, 1.82) is 0 Å². The highest BCUT2D eigenvalue weighted by Crippen LogP contribution is 2.28. The monoisotopic (exact) mass is 329 g/mol. The number of hydrazine groups is 1. The van der Waals surface area contributed by atoms with Gasteiger partial charge in [-0.05, 0) is 18.2 Å². The van der Waals surface area contributed by atoms with E-state index in [-0.39, 0.29) is 15.9 Å². The Labute approximate surface area is 126 Å². The van der Waals surface area contributed by atoms with Gasteiger partial charge >= 0.3 is 0 Å². The molecule has 0 spiro atoms. The van der Waals surface area contributed by atoms with Gasteiger partial charge in [0.05, 0.1) is 30.2 Å². The molecule has 8 nitrogen and oxygen atoms in total. The van der Waals surface area contributed by atoms with Crippen LogP contribution in [-0.4, -0.2) is 25.5 Å². The summed E-state index contributed by atoms with van der Waals surface area (Å²) >= 11 is 5.94. The van der Waals surface area contributed by atoms with Crippen molar-refractivity contribution in [1.82, 2.24) is 9.97 Å². The fourth-order valence-electron chi connectivity index (χ4n) is 1.47. The van der Waals surface area contributed by atoms with Crippen LogP contribution in [0.4, 0.5) is 11.6 Å². The van der Waals surface area contributed by atoms with Crippen LogP contribution in [0.15, 0.2) is 35.5 Å². The highest BCUT2D eigenvalue weighted by molar-refractivity contribution is 7.92. The Morgan fingerprint density at radius 3 is 2.48 bits per heavy atom. The average Bonchev–Trinajstić information content (AvgIpc) is 2.47. The van der Waals surface area contributed by atoms with Crippen LogP contribution >= 0.6 is 11.6 Å². The molecule has 2 rings (SSSR count). The maximum atomic E-state index is 12.1. The maximum Gasteiger partial charge on any atom is 0.264 e. The molecule has 1 heterocycles. The van der Waals surface area contributed by atoms with Crippen molar-refractivity contribution in [3.8, 4) is 5.75 Å². The quantitative estimate of drug-likeness (QED) is 0.557. The van der Waals surface area contributed by atoms with Gasteiger partial charge in [-0.3, -0.25) is 10.1 Å². The molecule has 0 saturated heterocycles. The molecule has 0 amide bonds. The summed E-state index contributed by atoms with van der Waals surface area (Å²) in [4.78, 5) is 7.37. The predicted octanol–water partition coefficient (Wildman–Crippen LogP) is 1.22. The van der Waals surface area contributed by atoms with E-state index in [0.29, 0.717) is 11.4 Å². The molecule has 0 aliphatic heterocycles. The number of rotatable bonds is 5. The van der Waals surface area contributed by atoms with Crippen molar-refractivity contribution in [3.63, 3.8) is 0 Å². The Balaban J connectivity index is 2.26. The Bertz CT molecular complexity index is 736. The number of benzene rings is 1. The number of halogens is 1. The molecule has 0 radical (unpaired) electrons. The number of hydrogen-bond acceptors (Lipinski definition) is 7. The number of nitrogens with one attached hydrogen (secondary N) is 2. The molecule has 4 N–H and O–H groups in total. The van der Waals surface area contributed by atoms with Gasteiger partial charge in [-0.25, -0.2) is 24.2 Å². The first kappa shape index (κ1) is 15.3. The van der Waals surface area contributed by atoms with Crippen LogP contribution in [0.1, 0.15) is 0 Å². The summed E-state index contributed by atoms with van der Waals surface area (Å²) < 4.78 is 31.7. The number of sulfonamides is 1. The number of nitrogen functional groups attached to an aromatic ring is 1. The van der Waals surface area contributed by atoms with E-state index in [2.05, 4.69) is 20.1 Å². The predicted molar refractivity (Wildman–Crippen MR) is 78.7 cm³/mol. The summed E-state index contributed by atoms with van der Waals surface area (Å²) in [5, 5.41) is 0.289. The van der Waals surface area contributed by atoms with E-state index in [1.54, 1.807) is 6.07 Å². The summed E-state index contributed by atoms with van der Waals surface area (Å²) in [6.07, 6.45) is 2.27. The van der Waals surface area contributed by atoms with Crippen LogP contribution in [0.3, 0.4) is 0 Å². The smallest absolute Gasteiger partial charge is 0.264 e. The topological polar surface area (TPSA) is 119 Å². The third-order valence-corrected chi connectivity index (χ3v) is 4.10. The fraction of sp³-hybridized carbons (Fsp3) is 0.0909. The van der Waals surface area contributed by atoms with Gasteiger partial charge in [0, 0.05) is 0 Å². The molecule has 1 aromatic heterocycles. The third-order valence-electron chi connectivity index (χ3n) is 2.47. The molecule has 2 aromatic rings. The van der Waals surface area contributed by atoms with Crippen LogP contribution in [-0.2, 0) is 10.0 Å². The summed E-state index contributed by atoms with van der Waals surface area (Å²) in [5.74, 6) is 5.67. The SMILES string of the molecule is COc1ccc(NS(=O)(=O)c2cnc(NN)nc2)cc1Cl. The fourth-order valence-corrected chi connectivity index (χ4v) is 2.67. The van der Waals surface area contributed by atoms with Crippen molar-refractivity contribution < 1.29 is 13.2 Å². The normalized spacial score (nSPS) is 11.0. The Hall–Kier alpha value is -2.10. The van der Waals surface area contributed by atoms with Crippen molar-refractivity contribution in [3.05, 3.63) is 35.6 Å². The lowest BCUT2D eigenvalue weighted by atomic mass is 10.3. The molecule has 0 unspecified atom stereocenters. The van der Waals surface area contributed by atoms with E-state index in [9.17, 15) is 8.42 Å². The van der Waals surface area contributed by atoms with Gasteiger partial charge in [0.1, 0.15) is 10.6 Å². The second kappa shape index (κ2) is 6.12. The largest absolute Gasteiger partial charge is 0.495 e. The number of nitrogens with two attached hydrogens (primary N) is 1. The van der Waals surface area contributed by atoms with Crippen LogP contribution in [0.2, 0.25) is 5.02 Å². The van der Waals surface area contributed by atoms with E-state index in [4.69, 9.17) is 22.2 Å². The molecule has 0 aliphatic carbocycles. The lowest BCUT2D eigenvalue weighted by Crippen LogP contribution is -2.15. The Kier molecular flexibility index (Phi) is 4.46. The van der Waals surface area contributed by atoms with Crippen molar-refractivity contribution >= 4 is 33.3 Å². The van der Waals surface area contributed by atoms with Crippen LogP contribution in [0.25, 0.3) is 0 Å². The lowest BCUT2D eigenvalue weighted by molar-refractivity contribution is 0.415. The van der Waals surface area contributed by atoms with E-state index in [1.807, 2.05) is 0 Å². The van der Waals surface area contributed by atoms with Gasteiger partial charge in [0.2, 0.25) is 5.95 Å². The molecule has 1 aromatic carbocycles. The first-order valence-electron chi connectivity index (χ1n) is 5.61. The molecule has 10 heteroatoms. The minimum Gasteiger partial charge on any atom is -0.495 e. The number of nitrogens with zero attached hydrogens (tertiary/aromatic N) is 2. The average molecular weight is 330 g/mol. The summed E-state index contributed by atoms with van der Waals surface area (Å²) in [6, 6.07) is 4.52. The summed E-state index contributed by atoms with van der Waals surface area (Å²) in [5.41, 5.74) is 2.50. The molecule has 0 aliphatic rings. The lowest BCUT2D eigenvalue weighted by Gasteiger charge is -2.09. The van der Waals surface area contributed by atoms with Gasteiger partial charge in [0.25, 0.3) is 10.0 Å². The van der Waals surface area contributed by atoms with Gasteiger partial charge in [0.15, 0.2) is 0 Å². The zero-order valence-electron chi connectivity index (χ0n) is 10.9. The highest BCUT2D eigenvalue weighted by Gasteiger charge is 2.16. The molecule has 0 fully saturated rings. The second-order valence-electron chi connectivity index (χ2n) is 3.84. The molecule has 0 saturated carbocycles. The maximum absolute atomic E-state index is 12.1. The van der Waals surface area contributed by atoms with Gasteiger partial charge in [-0.2, -0.15) is 0 Å². The van der Waals surface area contributed by atoms with E-state index >= 15 is 0 Å². The number of aromatic nitrogens is 2. The molecular formula is C11H12ClN5O3S. The number of methoxy groups -OCH3 is 1. The second-order valence-corrected chi connectivity index (χ2v) is 5.93. The summed E-state index contributed by atoms with van der Waals surface area (Å²) in [6.45, 7) is 0. The van der Waals surface area contributed by atoms with Crippen molar-refractivity contribution in [2.45, 2.75) is 4.90 Å². The van der Waals surface area contributed by atoms with E-state index in [0.717, 1.165) is 12.4 Å². The number of ether oxygens (including phenoxy) is 1. The molecule has 0 atom stereocenters. The van der Waals surface area contributed by atoms with Crippen LogP contribution in [0, 0.1) is 0 Å². The molecular weight excluding hydrogens is 318 g/mol. The molecule has 0 bridgehead atoms. The number of hydrogen-bond donors (Lipinski definition) is 3. The zero-order valence-corrected chi connectivity index (χ0v) is 12.4. The Morgan fingerprint density at radius 1 is 1.29 bits per heavy atom. The van der Waals surface area contributed by atoms with Gasteiger partial charge < -0.3 is 4.74 Å². The highest BCUT2D eigenvalue weighted by atomic mass is 35.5. The van der Waals surface area contributed by atoms with E-state index < -0.39 is 10.0 Å². The molecule has 21 heavy (non-hydrogen) atoms. The third kappa shape index (κ3) is 3.51. The van der Waals surface area contributed by atoms with Crippen LogP contribution in [0.5, 0.6) is 5.75 Å². The summed E-state index contributed by atoms with van der Waals surface area (Å²) in [7, 11) is -2.35. The van der Waals surface area contributed by atoms with Crippen LogP contribution < -0.4 is 20.7 Å². The first-order chi connectivity index (χ1) is 9.96. The minimum atomic E-state index is -3.82. The minimum absolute atomic E-state index is 0.103. The van der Waals surface area contributed by atoms with Crippen molar-refractivity contribution in [2.24, 2.45) is 5.84 Å². The zero-order chi connectivity index (χ0) is 15.5. The first-order valence-corrected chi connectivity index (χ1v) is 7.47. The molecule has 112 valence electrons. The number of anilines is 2.